The van der Waals surface area contributed by atoms with Gasteiger partial charge < -0.3 is 10.2 Å². The van der Waals surface area contributed by atoms with Crippen molar-refractivity contribution in [2.24, 2.45) is 0 Å². The van der Waals surface area contributed by atoms with Crippen molar-refractivity contribution >= 4 is 29.4 Å². The van der Waals surface area contributed by atoms with Gasteiger partial charge in [-0.3, -0.25) is 4.79 Å². The molecule has 0 fully saturated rings. The lowest BCUT2D eigenvalue weighted by Crippen LogP contribution is -2.13. The van der Waals surface area contributed by atoms with E-state index in [1.165, 1.54) is 24.3 Å². The van der Waals surface area contributed by atoms with Crippen LogP contribution >= 0.6 is 11.8 Å². The topological polar surface area (TPSA) is 32.3 Å². The number of anilines is 1. The van der Waals surface area contributed by atoms with Crippen LogP contribution in [-0.4, -0.2) is 37.2 Å². The average molecular weight is 408 g/mol. The number of carbonyl (C=O) groups excluding carboxylic acids is 1. The molecule has 2 aromatic carbocycles. The largest absolute Gasteiger partial charge is 0.416 e. The SMILES string of the molecule is CN(C)CCCSc1ccccc1NC(=O)C=Cc1ccc(C(F)(F)F)cc1. The summed E-state index contributed by atoms with van der Waals surface area (Å²) in [4.78, 5) is 15.3. The molecule has 28 heavy (non-hydrogen) atoms. The number of para-hydroxylation sites is 1. The maximum Gasteiger partial charge on any atom is 0.416 e. The van der Waals surface area contributed by atoms with Gasteiger partial charge in [0.15, 0.2) is 0 Å². The molecule has 0 saturated carbocycles. The maximum atomic E-state index is 12.6. The van der Waals surface area contributed by atoms with Crippen LogP contribution in [0.25, 0.3) is 6.08 Å². The Bertz CT molecular complexity index is 802. The molecule has 0 bridgehead atoms. The minimum atomic E-state index is -4.37. The van der Waals surface area contributed by atoms with Crippen LogP contribution in [0.15, 0.2) is 59.5 Å². The Morgan fingerprint density at radius 2 is 1.79 bits per heavy atom. The molecule has 0 aliphatic carbocycles. The zero-order valence-corrected chi connectivity index (χ0v) is 16.6. The Kier molecular flexibility index (Phi) is 8.14. The number of alkyl halides is 3. The van der Waals surface area contributed by atoms with Crippen molar-refractivity contribution in [2.45, 2.75) is 17.5 Å². The van der Waals surface area contributed by atoms with E-state index in [1.807, 2.05) is 38.4 Å². The number of thioether (sulfide) groups is 1. The number of hydrogen-bond donors (Lipinski definition) is 1. The molecule has 0 spiro atoms. The van der Waals surface area contributed by atoms with E-state index in [0.29, 0.717) is 5.56 Å². The van der Waals surface area contributed by atoms with Crippen molar-refractivity contribution < 1.29 is 18.0 Å². The minimum absolute atomic E-state index is 0.332. The van der Waals surface area contributed by atoms with E-state index in [-0.39, 0.29) is 5.91 Å². The standard InChI is InChI=1S/C21H23F3N2OS/c1-26(2)14-5-15-28-19-7-4-3-6-18(19)25-20(27)13-10-16-8-11-17(12-9-16)21(22,23)24/h3-4,6-13H,5,14-15H2,1-2H3,(H,25,27). The number of nitrogens with one attached hydrogen (secondary N) is 1. The molecule has 0 aliphatic rings. The Hall–Kier alpha value is -2.25. The lowest BCUT2D eigenvalue weighted by Gasteiger charge is -2.11. The highest BCUT2D eigenvalue weighted by Gasteiger charge is 2.29. The number of nitrogens with zero attached hydrogens (tertiary/aromatic N) is 1. The van der Waals surface area contributed by atoms with E-state index >= 15 is 0 Å². The summed E-state index contributed by atoms with van der Waals surface area (Å²) in [6.07, 6.45) is -0.528. The van der Waals surface area contributed by atoms with E-state index < -0.39 is 11.7 Å². The first-order valence-corrected chi connectivity index (χ1v) is 9.77. The van der Waals surface area contributed by atoms with Crippen molar-refractivity contribution in [1.29, 1.82) is 0 Å². The van der Waals surface area contributed by atoms with Crippen molar-refractivity contribution in [2.75, 3.05) is 31.7 Å². The van der Waals surface area contributed by atoms with Gasteiger partial charge in [0, 0.05) is 11.0 Å². The Morgan fingerprint density at radius 1 is 1.11 bits per heavy atom. The van der Waals surface area contributed by atoms with Gasteiger partial charge >= 0.3 is 6.18 Å². The van der Waals surface area contributed by atoms with Crippen LogP contribution in [0.1, 0.15) is 17.5 Å². The minimum Gasteiger partial charge on any atom is -0.321 e. The van der Waals surface area contributed by atoms with Crippen LogP contribution in [0.3, 0.4) is 0 Å². The number of halogens is 3. The van der Waals surface area contributed by atoms with Crippen LogP contribution < -0.4 is 5.32 Å². The Balaban J connectivity index is 1.94. The fourth-order valence-corrected chi connectivity index (χ4v) is 3.33. The highest BCUT2D eigenvalue weighted by Crippen LogP contribution is 2.29. The van der Waals surface area contributed by atoms with Crippen LogP contribution in [0.2, 0.25) is 0 Å². The molecule has 0 atom stereocenters. The molecule has 150 valence electrons. The summed E-state index contributed by atoms with van der Waals surface area (Å²) < 4.78 is 37.7. The second kappa shape index (κ2) is 10.3. The number of hydrogen-bond acceptors (Lipinski definition) is 3. The molecule has 0 aromatic heterocycles. The molecule has 0 radical (unpaired) electrons. The third-order valence-electron chi connectivity index (χ3n) is 3.82. The van der Waals surface area contributed by atoms with E-state index in [0.717, 1.165) is 41.4 Å². The summed E-state index contributed by atoms with van der Waals surface area (Å²) >= 11 is 1.68. The molecule has 0 unspecified atom stereocenters. The van der Waals surface area contributed by atoms with Gasteiger partial charge in [0.2, 0.25) is 5.91 Å². The van der Waals surface area contributed by atoms with Gasteiger partial charge in [-0.1, -0.05) is 24.3 Å². The lowest BCUT2D eigenvalue weighted by molar-refractivity contribution is -0.137. The van der Waals surface area contributed by atoms with Gasteiger partial charge in [-0.15, -0.1) is 11.8 Å². The molecule has 1 amide bonds. The maximum absolute atomic E-state index is 12.6. The monoisotopic (exact) mass is 408 g/mol. The molecule has 2 rings (SSSR count). The summed E-state index contributed by atoms with van der Waals surface area (Å²) in [6.45, 7) is 0.997. The van der Waals surface area contributed by atoms with Crippen molar-refractivity contribution in [3.05, 3.63) is 65.7 Å². The molecule has 0 aliphatic heterocycles. The Morgan fingerprint density at radius 3 is 2.43 bits per heavy atom. The van der Waals surface area contributed by atoms with Crippen molar-refractivity contribution in [3.8, 4) is 0 Å². The molecular weight excluding hydrogens is 385 g/mol. The van der Waals surface area contributed by atoms with Crippen LogP contribution in [0, 0.1) is 0 Å². The summed E-state index contributed by atoms with van der Waals surface area (Å²) in [7, 11) is 4.06. The van der Waals surface area contributed by atoms with Gasteiger partial charge in [-0.2, -0.15) is 13.2 Å². The normalized spacial score (nSPS) is 11.9. The van der Waals surface area contributed by atoms with Gasteiger partial charge in [0.1, 0.15) is 0 Å². The van der Waals surface area contributed by atoms with E-state index in [1.54, 1.807) is 11.8 Å². The molecule has 7 heteroatoms. The summed E-state index contributed by atoms with van der Waals surface area (Å²) in [6, 6.07) is 12.2. The van der Waals surface area contributed by atoms with E-state index in [9.17, 15) is 18.0 Å². The van der Waals surface area contributed by atoms with Gasteiger partial charge in [0.25, 0.3) is 0 Å². The molecular formula is C21H23F3N2OS. The zero-order valence-electron chi connectivity index (χ0n) is 15.8. The van der Waals surface area contributed by atoms with Crippen molar-refractivity contribution in [1.82, 2.24) is 4.90 Å². The first kappa shape index (κ1) is 22.0. The fraction of sp³-hybridized carbons (Fsp3) is 0.286. The predicted molar refractivity (Wildman–Crippen MR) is 109 cm³/mol. The van der Waals surface area contributed by atoms with Crippen LogP contribution in [0.5, 0.6) is 0 Å². The van der Waals surface area contributed by atoms with Crippen LogP contribution in [0.4, 0.5) is 18.9 Å². The third kappa shape index (κ3) is 7.40. The summed E-state index contributed by atoms with van der Waals surface area (Å²) in [5, 5.41) is 2.83. The summed E-state index contributed by atoms with van der Waals surface area (Å²) in [5.74, 6) is 0.605. The first-order valence-electron chi connectivity index (χ1n) is 8.78. The number of benzene rings is 2. The highest BCUT2D eigenvalue weighted by molar-refractivity contribution is 7.99. The van der Waals surface area contributed by atoms with E-state index in [2.05, 4.69) is 10.2 Å². The van der Waals surface area contributed by atoms with Gasteiger partial charge in [0.05, 0.1) is 11.3 Å². The fourth-order valence-electron chi connectivity index (χ4n) is 2.39. The average Bonchev–Trinajstić information content (AvgIpc) is 2.64. The quantitative estimate of drug-likeness (QED) is 0.361. The second-order valence-electron chi connectivity index (χ2n) is 6.44. The van der Waals surface area contributed by atoms with Gasteiger partial charge in [-0.05, 0) is 68.7 Å². The number of amides is 1. The van der Waals surface area contributed by atoms with Gasteiger partial charge in [-0.25, -0.2) is 0 Å². The smallest absolute Gasteiger partial charge is 0.321 e. The number of carbonyl (C=O) groups is 1. The lowest BCUT2D eigenvalue weighted by atomic mass is 10.1. The molecule has 0 saturated heterocycles. The molecule has 1 N–H and O–H groups in total. The highest BCUT2D eigenvalue weighted by atomic mass is 32.2. The Labute approximate surface area is 167 Å². The molecule has 0 heterocycles. The number of rotatable bonds is 8. The van der Waals surface area contributed by atoms with Crippen LogP contribution in [-0.2, 0) is 11.0 Å². The zero-order chi connectivity index (χ0) is 20.6. The first-order chi connectivity index (χ1) is 13.3. The van der Waals surface area contributed by atoms with E-state index in [4.69, 9.17) is 0 Å². The molecule has 3 nitrogen and oxygen atoms in total. The third-order valence-corrected chi connectivity index (χ3v) is 4.98. The van der Waals surface area contributed by atoms with Crippen molar-refractivity contribution in [3.63, 3.8) is 0 Å². The second-order valence-corrected chi connectivity index (χ2v) is 7.58. The summed E-state index contributed by atoms with van der Waals surface area (Å²) in [5.41, 5.74) is 0.531. The predicted octanol–water partition coefficient (Wildman–Crippen LogP) is 5.40. The molecule has 2 aromatic rings.